The summed E-state index contributed by atoms with van der Waals surface area (Å²) >= 11 is 0. The van der Waals surface area contributed by atoms with Crippen LogP contribution in [0, 0.1) is 0 Å². The highest BCUT2D eigenvalue weighted by Gasteiger charge is 2.43. The molecular weight excluding hydrogens is 400 g/mol. The molecule has 1 heterocycles. The van der Waals surface area contributed by atoms with Gasteiger partial charge in [-0.15, -0.1) is 0 Å². The van der Waals surface area contributed by atoms with Gasteiger partial charge in [0.2, 0.25) is 0 Å². The lowest BCUT2D eigenvalue weighted by Crippen LogP contribution is -2.51. The molecule has 0 saturated heterocycles. The Balaban J connectivity index is 1.63. The van der Waals surface area contributed by atoms with Crippen molar-refractivity contribution in [2.75, 3.05) is 25.9 Å². The summed E-state index contributed by atoms with van der Waals surface area (Å²) in [5.74, 6) is -0.892. The van der Waals surface area contributed by atoms with Crippen LogP contribution in [0.3, 0.4) is 0 Å². The summed E-state index contributed by atoms with van der Waals surface area (Å²) in [7, 11) is -3.67. The van der Waals surface area contributed by atoms with E-state index in [1.54, 1.807) is 0 Å². The van der Waals surface area contributed by atoms with Crippen LogP contribution >= 0.6 is 0 Å². The first-order valence-electron chi connectivity index (χ1n) is 9.96. The van der Waals surface area contributed by atoms with Gasteiger partial charge in [-0.25, -0.2) is 13.9 Å². The first-order valence-corrected chi connectivity index (χ1v) is 11.8. The van der Waals surface area contributed by atoms with E-state index >= 15 is 0 Å². The van der Waals surface area contributed by atoms with Gasteiger partial charge in [0.15, 0.2) is 14.6 Å². The molecule has 1 amide bonds. The average Bonchev–Trinajstić information content (AvgIpc) is 2.77. The molecule has 6 nitrogen and oxygen atoms in total. The van der Waals surface area contributed by atoms with Crippen LogP contribution in [0.25, 0.3) is 16.7 Å². The molecular formula is C23H28N2O4S. The van der Waals surface area contributed by atoms with Crippen LogP contribution in [0.1, 0.15) is 25.3 Å². The number of nitrogens with zero attached hydrogens (tertiary/aromatic N) is 1. The minimum Gasteiger partial charge on any atom is -0.299 e. The van der Waals surface area contributed by atoms with Crippen LogP contribution in [-0.2, 0) is 14.6 Å². The first-order chi connectivity index (χ1) is 14.2. The lowest BCUT2D eigenvalue weighted by molar-refractivity contribution is -0.131. The van der Waals surface area contributed by atoms with Crippen molar-refractivity contribution < 1.29 is 18.4 Å². The second-order valence-electron chi connectivity index (χ2n) is 7.92. The number of hydroxylamine groups is 1. The first kappa shape index (κ1) is 22.2. The highest BCUT2D eigenvalue weighted by molar-refractivity contribution is 7.92. The molecule has 1 aliphatic heterocycles. The molecule has 0 fully saturated rings. The summed E-state index contributed by atoms with van der Waals surface area (Å²) in [6.07, 6.45) is 4.15. The molecule has 0 radical (unpaired) electrons. The fourth-order valence-electron chi connectivity index (χ4n) is 3.64. The van der Waals surface area contributed by atoms with E-state index in [4.69, 9.17) is 5.21 Å². The minimum absolute atomic E-state index is 0.118. The molecule has 0 spiro atoms. The lowest BCUT2D eigenvalue weighted by atomic mass is 9.96. The molecule has 2 aromatic rings. The topological polar surface area (TPSA) is 86.7 Å². The lowest BCUT2D eigenvalue weighted by Gasteiger charge is -2.31. The summed E-state index contributed by atoms with van der Waals surface area (Å²) < 4.78 is 22.5. The molecule has 3 rings (SSSR count). The number of amides is 1. The number of hydrogen-bond acceptors (Lipinski definition) is 5. The van der Waals surface area contributed by atoms with Crippen LogP contribution in [0.15, 0.2) is 60.7 Å². The van der Waals surface area contributed by atoms with Gasteiger partial charge < -0.3 is 0 Å². The zero-order valence-electron chi connectivity index (χ0n) is 17.3. The van der Waals surface area contributed by atoms with E-state index < -0.39 is 20.5 Å². The molecule has 1 aliphatic rings. The Morgan fingerprint density at radius 3 is 2.20 bits per heavy atom. The number of rotatable bonds is 7. The Morgan fingerprint density at radius 2 is 1.67 bits per heavy atom. The largest absolute Gasteiger partial charge is 0.299 e. The zero-order chi connectivity index (χ0) is 21.8. The second-order valence-corrected chi connectivity index (χ2v) is 10.4. The van der Waals surface area contributed by atoms with E-state index in [0.717, 1.165) is 19.2 Å². The number of carbonyl (C=O) groups excluding carboxylic acids is 1. The van der Waals surface area contributed by atoms with Gasteiger partial charge in [0.1, 0.15) is 0 Å². The quantitative estimate of drug-likeness (QED) is 0.523. The molecule has 0 bridgehead atoms. The Morgan fingerprint density at radius 1 is 1.07 bits per heavy atom. The molecule has 0 aromatic heterocycles. The van der Waals surface area contributed by atoms with Gasteiger partial charge in [-0.05, 0) is 42.0 Å². The third kappa shape index (κ3) is 4.80. The van der Waals surface area contributed by atoms with Crippen LogP contribution in [0.2, 0.25) is 0 Å². The summed E-state index contributed by atoms with van der Waals surface area (Å²) in [5.41, 5.74) is 6.32. The van der Waals surface area contributed by atoms with Gasteiger partial charge in [0.05, 0.1) is 0 Å². The van der Waals surface area contributed by atoms with E-state index in [2.05, 4.69) is 47.4 Å². The summed E-state index contributed by atoms with van der Waals surface area (Å²) in [5, 5.41) is 8.94. The third-order valence-electron chi connectivity index (χ3n) is 5.96. The van der Waals surface area contributed by atoms with Crippen molar-refractivity contribution in [3.63, 3.8) is 0 Å². The number of nitrogens with one attached hydrogen (secondary N) is 1. The Hall–Kier alpha value is -2.48. The number of hydrogen-bond donors (Lipinski definition) is 2. The zero-order valence-corrected chi connectivity index (χ0v) is 18.2. The van der Waals surface area contributed by atoms with Gasteiger partial charge in [-0.1, -0.05) is 60.7 Å². The predicted octanol–water partition coefficient (Wildman–Crippen LogP) is 3.14. The van der Waals surface area contributed by atoms with E-state index in [1.807, 2.05) is 18.2 Å². The second kappa shape index (κ2) is 9.12. The summed E-state index contributed by atoms with van der Waals surface area (Å²) in [6, 6.07) is 18.8. The predicted molar refractivity (Wildman–Crippen MR) is 119 cm³/mol. The van der Waals surface area contributed by atoms with E-state index in [0.29, 0.717) is 13.1 Å². The SMILES string of the molecule is CC(CCN1CC=C(c2ccc(-c3ccccc3)cc2)CC1)(C(=O)NO)S(C)(=O)=O. The number of sulfone groups is 1. The maximum Gasteiger partial charge on any atom is 0.264 e. The van der Waals surface area contributed by atoms with Crippen molar-refractivity contribution in [3.05, 3.63) is 66.2 Å². The van der Waals surface area contributed by atoms with Gasteiger partial charge in [0, 0.05) is 25.9 Å². The molecule has 7 heteroatoms. The molecule has 0 aliphatic carbocycles. The van der Waals surface area contributed by atoms with Gasteiger partial charge in [0.25, 0.3) is 5.91 Å². The van der Waals surface area contributed by atoms with Crippen molar-refractivity contribution in [3.8, 4) is 11.1 Å². The van der Waals surface area contributed by atoms with E-state index in [1.165, 1.54) is 34.7 Å². The average molecular weight is 429 g/mol. The summed E-state index contributed by atoms with van der Waals surface area (Å²) in [4.78, 5) is 14.1. The van der Waals surface area contributed by atoms with E-state index in [-0.39, 0.29) is 6.42 Å². The van der Waals surface area contributed by atoms with Crippen LogP contribution in [0.5, 0.6) is 0 Å². The summed E-state index contributed by atoms with van der Waals surface area (Å²) in [6.45, 7) is 3.28. The highest BCUT2D eigenvalue weighted by atomic mass is 32.2. The fourth-order valence-corrected chi connectivity index (χ4v) is 4.49. The monoisotopic (exact) mass is 428 g/mol. The molecule has 2 N–H and O–H groups in total. The van der Waals surface area contributed by atoms with Crippen molar-refractivity contribution in [2.24, 2.45) is 0 Å². The van der Waals surface area contributed by atoms with Gasteiger partial charge in [-0.3, -0.25) is 14.9 Å². The minimum atomic E-state index is -3.67. The van der Waals surface area contributed by atoms with Crippen molar-refractivity contribution in [1.82, 2.24) is 10.4 Å². The van der Waals surface area contributed by atoms with Crippen LogP contribution in [0.4, 0.5) is 0 Å². The molecule has 2 aromatic carbocycles. The molecule has 1 unspecified atom stereocenters. The Kier molecular flexibility index (Phi) is 6.75. The van der Waals surface area contributed by atoms with Crippen LogP contribution in [-0.4, -0.2) is 55.1 Å². The van der Waals surface area contributed by atoms with Crippen LogP contribution < -0.4 is 5.48 Å². The Labute approximate surface area is 178 Å². The highest BCUT2D eigenvalue weighted by Crippen LogP contribution is 2.27. The normalized spacial score (nSPS) is 17.1. The van der Waals surface area contributed by atoms with Gasteiger partial charge in [-0.2, -0.15) is 0 Å². The fraction of sp³-hybridized carbons (Fsp3) is 0.348. The maximum absolute atomic E-state index is 12.1. The van der Waals surface area contributed by atoms with Crippen molar-refractivity contribution in [2.45, 2.75) is 24.5 Å². The van der Waals surface area contributed by atoms with E-state index in [9.17, 15) is 13.2 Å². The van der Waals surface area contributed by atoms with Crippen molar-refractivity contribution >= 4 is 21.3 Å². The smallest absolute Gasteiger partial charge is 0.264 e. The third-order valence-corrected chi connectivity index (χ3v) is 7.99. The number of benzene rings is 2. The number of carbonyl (C=O) groups is 1. The maximum atomic E-state index is 12.1. The van der Waals surface area contributed by atoms with Crippen molar-refractivity contribution in [1.29, 1.82) is 0 Å². The van der Waals surface area contributed by atoms with Gasteiger partial charge >= 0.3 is 0 Å². The molecule has 30 heavy (non-hydrogen) atoms. The molecule has 0 saturated carbocycles. The standard InChI is InChI=1S/C23H28N2O4S/c1-23(22(26)24-27,30(2,28)29)14-17-25-15-12-21(13-16-25)20-10-8-19(9-11-20)18-6-4-3-5-7-18/h3-12,27H,13-17H2,1-2H3,(H,24,26). The molecule has 1 atom stereocenters. The Bertz CT molecular complexity index is 1020. The molecule has 160 valence electrons.